The van der Waals surface area contributed by atoms with Crippen molar-refractivity contribution in [2.45, 2.75) is 6.92 Å². The van der Waals surface area contributed by atoms with E-state index in [1.807, 2.05) is 31.2 Å². The lowest BCUT2D eigenvalue weighted by Gasteiger charge is -2.13. The SMILES string of the molecule is Cc1ccc(-c2cc(C(=O)NCCN(C)S(C)(=O)=O)[nH]n2)cc1. The maximum Gasteiger partial charge on any atom is 0.269 e. The van der Waals surface area contributed by atoms with Crippen molar-refractivity contribution in [2.75, 3.05) is 26.4 Å². The summed E-state index contributed by atoms with van der Waals surface area (Å²) in [6.07, 6.45) is 1.12. The number of amides is 1. The van der Waals surface area contributed by atoms with Gasteiger partial charge in [0.1, 0.15) is 5.69 Å². The van der Waals surface area contributed by atoms with Crippen LogP contribution in [-0.4, -0.2) is 55.2 Å². The van der Waals surface area contributed by atoms with E-state index in [-0.39, 0.29) is 19.0 Å². The number of benzene rings is 1. The lowest BCUT2D eigenvalue weighted by Crippen LogP contribution is -2.35. The third-order valence-electron chi connectivity index (χ3n) is 3.45. The summed E-state index contributed by atoms with van der Waals surface area (Å²) in [5.74, 6) is -0.322. The number of likely N-dealkylation sites (N-methyl/N-ethyl adjacent to an activating group) is 1. The second-order valence-corrected chi connectivity index (χ2v) is 7.46. The van der Waals surface area contributed by atoms with Gasteiger partial charge in [0.15, 0.2) is 0 Å². The average molecular weight is 336 g/mol. The van der Waals surface area contributed by atoms with Gasteiger partial charge in [-0.25, -0.2) is 12.7 Å². The summed E-state index contributed by atoms with van der Waals surface area (Å²) in [5.41, 5.74) is 3.09. The first-order valence-electron chi connectivity index (χ1n) is 7.09. The molecule has 2 N–H and O–H groups in total. The van der Waals surface area contributed by atoms with Crippen molar-refractivity contribution in [3.8, 4) is 11.3 Å². The van der Waals surface area contributed by atoms with Gasteiger partial charge in [0.2, 0.25) is 10.0 Å². The molecular weight excluding hydrogens is 316 g/mol. The van der Waals surface area contributed by atoms with Crippen LogP contribution in [0.1, 0.15) is 16.1 Å². The molecule has 1 amide bonds. The summed E-state index contributed by atoms with van der Waals surface area (Å²) in [6, 6.07) is 9.50. The van der Waals surface area contributed by atoms with Gasteiger partial charge in [-0.2, -0.15) is 5.10 Å². The molecule has 0 saturated carbocycles. The maximum absolute atomic E-state index is 12.0. The van der Waals surface area contributed by atoms with Crippen molar-refractivity contribution in [2.24, 2.45) is 0 Å². The summed E-state index contributed by atoms with van der Waals surface area (Å²) in [7, 11) is -1.77. The smallest absolute Gasteiger partial charge is 0.269 e. The van der Waals surface area contributed by atoms with Crippen molar-refractivity contribution >= 4 is 15.9 Å². The Kier molecular flexibility index (Phi) is 5.17. The zero-order valence-corrected chi connectivity index (χ0v) is 14.1. The summed E-state index contributed by atoms with van der Waals surface area (Å²) in [6.45, 7) is 2.44. The normalized spacial score (nSPS) is 11.7. The summed E-state index contributed by atoms with van der Waals surface area (Å²) >= 11 is 0. The quantitative estimate of drug-likeness (QED) is 0.823. The van der Waals surface area contributed by atoms with Gasteiger partial charge >= 0.3 is 0 Å². The van der Waals surface area contributed by atoms with E-state index in [2.05, 4.69) is 15.5 Å². The number of aromatic nitrogens is 2. The number of rotatable bonds is 6. The van der Waals surface area contributed by atoms with Gasteiger partial charge in [-0.15, -0.1) is 0 Å². The zero-order valence-electron chi connectivity index (χ0n) is 13.3. The van der Waals surface area contributed by atoms with E-state index >= 15 is 0 Å². The lowest BCUT2D eigenvalue weighted by molar-refractivity contribution is 0.0947. The van der Waals surface area contributed by atoms with E-state index in [0.717, 1.165) is 17.4 Å². The molecule has 0 aliphatic heterocycles. The van der Waals surface area contributed by atoms with Crippen molar-refractivity contribution < 1.29 is 13.2 Å². The van der Waals surface area contributed by atoms with Crippen molar-refractivity contribution in [3.63, 3.8) is 0 Å². The van der Waals surface area contributed by atoms with Crippen molar-refractivity contribution in [1.82, 2.24) is 19.8 Å². The molecule has 2 aromatic rings. The molecule has 124 valence electrons. The van der Waals surface area contributed by atoms with Crippen molar-refractivity contribution in [1.29, 1.82) is 0 Å². The Bertz CT molecular complexity index is 781. The predicted octanol–water partition coefficient (Wildman–Crippen LogP) is 1.01. The van der Waals surface area contributed by atoms with E-state index in [1.165, 1.54) is 11.4 Å². The number of H-pyrrole nitrogens is 1. The van der Waals surface area contributed by atoms with Gasteiger partial charge < -0.3 is 5.32 Å². The number of carbonyl (C=O) groups excluding carboxylic acids is 1. The van der Waals surface area contributed by atoms with Gasteiger partial charge in [-0.1, -0.05) is 29.8 Å². The van der Waals surface area contributed by atoms with Gasteiger partial charge in [-0.05, 0) is 13.0 Å². The Morgan fingerprint density at radius 3 is 2.57 bits per heavy atom. The number of sulfonamides is 1. The molecule has 2 rings (SSSR count). The first-order chi connectivity index (χ1) is 10.8. The number of carbonyl (C=O) groups is 1. The van der Waals surface area contributed by atoms with Gasteiger partial charge in [-0.3, -0.25) is 9.89 Å². The second kappa shape index (κ2) is 6.93. The van der Waals surface area contributed by atoms with Crippen LogP contribution in [0.3, 0.4) is 0 Å². The third-order valence-corrected chi connectivity index (χ3v) is 4.76. The summed E-state index contributed by atoms with van der Waals surface area (Å²) in [4.78, 5) is 12.0. The largest absolute Gasteiger partial charge is 0.349 e. The lowest BCUT2D eigenvalue weighted by atomic mass is 10.1. The van der Waals surface area contributed by atoms with Crippen LogP contribution in [0.5, 0.6) is 0 Å². The van der Waals surface area contributed by atoms with E-state index in [0.29, 0.717) is 11.4 Å². The molecular formula is C15H20N4O3S. The molecule has 0 fully saturated rings. The molecule has 0 unspecified atom stereocenters. The number of aromatic amines is 1. The number of aryl methyl sites for hydroxylation is 1. The molecule has 23 heavy (non-hydrogen) atoms. The predicted molar refractivity (Wildman–Crippen MR) is 88.6 cm³/mol. The number of hydrogen-bond acceptors (Lipinski definition) is 4. The van der Waals surface area contributed by atoms with Crippen LogP contribution < -0.4 is 5.32 Å². The molecule has 0 aliphatic carbocycles. The minimum absolute atomic E-state index is 0.212. The van der Waals surface area contributed by atoms with Gasteiger partial charge in [0.05, 0.1) is 11.9 Å². The van der Waals surface area contributed by atoms with E-state index in [4.69, 9.17) is 0 Å². The standard InChI is InChI=1S/C15H20N4O3S/c1-11-4-6-12(7-5-11)13-10-14(18-17-13)15(20)16-8-9-19(2)23(3,21)22/h4-7,10H,8-9H2,1-3H3,(H,16,20)(H,17,18). The third kappa shape index (κ3) is 4.64. The van der Waals surface area contributed by atoms with E-state index in [1.54, 1.807) is 6.07 Å². The fraction of sp³-hybridized carbons (Fsp3) is 0.333. The highest BCUT2D eigenvalue weighted by atomic mass is 32.2. The minimum atomic E-state index is -3.24. The number of nitrogens with zero attached hydrogens (tertiary/aromatic N) is 2. The fourth-order valence-corrected chi connectivity index (χ4v) is 2.32. The molecule has 0 saturated heterocycles. The molecule has 0 atom stereocenters. The van der Waals surface area contributed by atoms with Crippen LogP contribution in [0.2, 0.25) is 0 Å². The summed E-state index contributed by atoms with van der Waals surface area (Å²) < 4.78 is 23.7. The molecule has 1 aromatic heterocycles. The highest BCUT2D eigenvalue weighted by Gasteiger charge is 2.13. The van der Waals surface area contributed by atoms with Gasteiger partial charge in [0.25, 0.3) is 5.91 Å². The zero-order chi connectivity index (χ0) is 17.0. The molecule has 7 nitrogen and oxygen atoms in total. The Labute approximate surface area is 135 Å². The first-order valence-corrected chi connectivity index (χ1v) is 8.94. The maximum atomic E-state index is 12.0. The monoisotopic (exact) mass is 336 g/mol. The molecule has 1 aromatic carbocycles. The molecule has 0 aliphatic rings. The van der Waals surface area contributed by atoms with Crippen LogP contribution in [0.25, 0.3) is 11.3 Å². The minimum Gasteiger partial charge on any atom is -0.349 e. The molecule has 0 radical (unpaired) electrons. The van der Waals surface area contributed by atoms with Gasteiger partial charge in [0, 0.05) is 25.7 Å². The fourth-order valence-electron chi connectivity index (χ4n) is 1.90. The Morgan fingerprint density at radius 2 is 1.96 bits per heavy atom. The number of nitrogens with one attached hydrogen (secondary N) is 2. The summed E-state index contributed by atoms with van der Waals surface area (Å²) in [5, 5.41) is 9.48. The first kappa shape index (κ1) is 17.2. The van der Waals surface area contributed by atoms with Crippen LogP contribution in [0.15, 0.2) is 30.3 Å². The highest BCUT2D eigenvalue weighted by Crippen LogP contribution is 2.18. The second-order valence-electron chi connectivity index (χ2n) is 5.37. The molecule has 1 heterocycles. The molecule has 0 spiro atoms. The van der Waals surface area contributed by atoms with Crippen LogP contribution in [-0.2, 0) is 10.0 Å². The highest BCUT2D eigenvalue weighted by molar-refractivity contribution is 7.88. The Morgan fingerprint density at radius 1 is 1.30 bits per heavy atom. The van der Waals surface area contributed by atoms with Crippen molar-refractivity contribution in [3.05, 3.63) is 41.6 Å². The van der Waals surface area contributed by atoms with E-state index in [9.17, 15) is 13.2 Å². The molecule has 8 heteroatoms. The van der Waals surface area contributed by atoms with Crippen LogP contribution in [0.4, 0.5) is 0 Å². The Balaban J connectivity index is 1.95. The van der Waals surface area contributed by atoms with E-state index < -0.39 is 10.0 Å². The molecule has 0 bridgehead atoms. The number of hydrogen-bond donors (Lipinski definition) is 2. The van der Waals surface area contributed by atoms with Crippen LogP contribution >= 0.6 is 0 Å². The van der Waals surface area contributed by atoms with Crippen LogP contribution in [0, 0.1) is 6.92 Å². The topological polar surface area (TPSA) is 95.2 Å². The average Bonchev–Trinajstić information content (AvgIpc) is 2.96. The Hall–Kier alpha value is -2.19.